The van der Waals surface area contributed by atoms with Crippen molar-refractivity contribution in [3.8, 4) is 0 Å². The van der Waals surface area contributed by atoms with E-state index in [4.69, 9.17) is 0 Å². The van der Waals surface area contributed by atoms with Crippen molar-refractivity contribution in [2.45, 2.75) is 19.8 Å². The molecule has 4 nitrogen and oxygen atoms in total. The molecule has 1 aliphatic rings. The van der Waals surface area contributed by atoms with Crippen LogP contribution in [0.4, 0.5) is 11.5 Å². The molecule has 0 radical (unpaired) electrons. The second-order valence-corrected chi connectivity index (χ2v) is 5.15. The van der Waals surface area contributed by atoms with Crippen molar-refractivity contribution < 1.29 is 4.79 Å². The second kappa shape index (κ2) is 5.95. The molecule has 2 heterocycles. The van der Waals surface area contributed by atoms with Crippen molar-refractivity contribution in [3.05, 3.63) is 53.7 Å². The Morgan fingerprint density at radius 1 is 1.33 bits per heavy atom. The molecule has 108 valence electrons. The lowest BCUT2D eigenvalue weighted by Gasteiger charge is -2.30. The summed E-state index contributed by atoms with van der Waals surface area (Å²) in [5, 5.41) is 2.83. The molecule has 0 spiro atoms. The normalized spacial score (nSPS) is 13.7. The summed E-state index contributed by atoms with van der Waals surface area (Å²) in [6, 6.07) is 12.0. The number of benzene rings is 1. The van der Waals surface area contributed by atoms with Crippen molar-refractivity contribution in [2.24, 2.45) is 0 Å². The SMILES string of the molecule is CCNC(=O)c1ccnc(N2CCCc3ccccc32)c1. The Morgan fingerprint density at radius 3 is 3.05 bits per heavy atom. The first kappa shape index (κ1) is 13.6. The van der Waals surface area contributed by atoms with E-state index in [1.54, 1.807) is 12.3 Å². The molecule has 21 heavy (non-hydrogen) atoms. The van der Waals surface area contributed by atoms with Crippen molar-refractivity contribution in [3.63, 3.8) is 0 Å². The molecule has 0 bridgehead atoms. The van der Waals surface area contributed by atoms with Crippen LogP contribution < -0.4 is 10.2 Å². The van der Waals surface area contributed by atoms with Crippen LogP contribution in [0.3, 0.4) is 0 Å². The standard InChI is InChI=1S/C17H19N3O/c1-2-18-17(21)14-9-10-19-16(12-14)20-11-5-7-13-6-3-4-8-15(13)20/h3-4,6,8-10,12H,2,5,7,11H2,1H3,(H,18,21). The van der Waals surface area contributed by atoms with Gasteiger partial charge >= 0.3 is 0 Å². The van der Waals surface area contributed by atoms with Gasteiger partial charge in [-0.2, -0.15) is 0 Å². The number of amides is 1. The van der Waals surface area contributed by atoms with Gasteiger partial charge in [0.05, 0.1) is 0 Å². The number of nitrogens with one attached hydrogen (secondary N) is 1. The number of hydrogen-bond acceptors (Lipinski definition) is 3. The van der Waals surface area contributed by atoms with Gasteiger partial charge in [0.25, 0.3) is 5.91 Å². The number of nitrogens with zero attached hydrogens (tertiary/aromatic N) is 2. The minimum absolute atomic E-state index is 0.0496. The molecule has 0 saturated carbocycles. The van der Waals surface area contributed by atoms with Gasteiger partial charge in [-0.15, -0.1) is 0 Å². The number of para-hydroxylation sites is 1. The summed E-state index contributed by atoms with van der Waals surface area (Å²) in [4.78, 5) is 18.6. The zero-order valence-electron chi connectivity index (χ0n) is 12.2. The summed E-state index contributed by atoms with van der Waals surface area (Å²) in [5.74, 6) is 0.789. The van der Waals surface area contributed by atoms with E-state index < -0.39 is 0 Å². The molecule has 0 aliphatic carbocycles. The van der Waals surface area contributed by atoms with Crippen molar-refractivity contribution in [2.75, 3.05) is 18.0 Å². The maximum absolute atomic E-state index is 12.0. The van der Waals surface area contributed by atoms with Crippen LogP contribution in [0.1, 0.15) is 29.3 Å². The number of carbonyl (C=O) groups is 1. The van der Waals surface area contributed by atoms with E-state index in [0.29, 0.717) is 12.1 Å². The summed E-state index contributed by atoms with van der Waals surface area (Å²) < 4.78 is 0. The Kier molecular flexibility index (Phi) is 3.86. The van der Waals surface area contributed by atoms with E-state index in [1.807, 2.05) is 19.1 Å². The summed E-state index contributed by atoms with van der Waals surface area (Å²) in [6.07, 6.45) is 3.91. The Hall–Kier alpha value is -2.36. The lowest BCUT2D eigenvalue weighted by atomic mass is 10.0. The molecule has 1 aromatic heterocycles. The summed E-state index contributed by atoms with van der Waals surface area (Å²) in [5.41, 5.74) is 3.20. The summed E-state index contributed by atoms with van der Waals surface area (Å²) in [6.45, 7) is 3.48. The van der Waals surface area contributed by atoms with Gasteiger partial charge in [-0.05, 0) is 43.5 Å². The molecule has 0 fully saturated rings. The molecule has 2 aromatic rings. The molecule has 1 aliphatic heterocycles. The fourth-order valence-electron chi connectivity index (χ4n) is 2.74. The molecule has 4 heteroatoms. The van der Waals surface area contributed by atoms with Gasteiger partial charge in [-0.3, -0.25) is 4.79 Å². The predicted octanol–water partition coefficient (Wildman–Crippen LogP) is 2.92. The Bertz CT molecular complexity index is 654. The summed E-state index contributed by atoms with van der Waals surface area (Å²) in [7, 11) is 0. The Morgan fingerprint density at radius 2 is 2.19 bits per heavy atom. The first-order chi connectivity index (χ1) is 10.3. The molecule has 1 aromatic carbocycles. The van der Waals surface area contributed by atoms with Gasteiger partial charge in [0.15, 0.2) is 0 Å². The van der Waals surface area contributed by atoms with Crippen LogP contribution in [0.5, 0.6) is 0 Å². The number of pyridine rings is 1. The number of aromatic nitrogens is 1. The number of hydrogen-bond donors (Lipinski definition) is 1. The number of anilines is 2. The van der Waals surface area contributed by atoms with E-state index in [2.05, 4.69) is 33.4 Å². The molecule has 1 N–H and O–H groups in total. The van der Waals surface area contributed by atoms with Crippen LogP contribution >= 0.6 is 0 Å². The number of aryl methyl sites for hydroxylation is 1. The first-order valence-electron chi connectivity index (χ1n) is 7.39. The van der Waals surface area contributed by atoms with E-state index in [0.717, 1.165) is 25.2 Å². The maximum Gasteiger partial charge on any atom is 0.251 e. The van der Waals surface area contributed by atoms with Crippen LogP contribution in [-0.2, 0) is 6.42 Å². The fourth-order valence-corrected chi connectivity index (χ4v) is 2.74. The highest BCUT2D eigenvalue weighted by atomic mass is 16.1. The minimum Gasteiger partial charge on any atom is -0.352 e. The maximum atomic E-state index is 12.0. The van der Waals surface area contributed by atoms with E-state index >= 15 is 0 Å². The van der Waals surface area contributed by atoms with Crippen LogP contribution in [0, 0.1) is 0 Å². The second-order valence-electron chi connectivity index (χ2n) is 5.15. The third-order valence-electron chi connectivity index (χ3n) is 3.73. The lowest BCUT2D eigenvalue weighted by Crippen LogP contribution is -2.26. The van der Waals surface area contributed by atoms with Gasteiger partial charge in [-0.25, -0.2) is 4.98 Å². The topological polar surface area (TPSA) is 45.2 Å². The Labute approximate surface area is 124 Å². The highest BCUT2D eigenvalue weighted by Crippen LogP contribution is 2.32. The Balaban J connectivity index is 1.95. The highest BCUT2D eigenvalue weighted by Gasteiger charge is 2.19. The molecule has 3 rings (SSSR count). The quantitative estimate of drug-likeness (QED) is 0.941. The fraction of sp³-hybridized carbons (Fsp3) is 0.294. The monoisotopic (exact) mass is 281 g/mol. The predicted molar refractivity (Wildman–Crippen MR) is 84.0 cm³/mol. The smallest absolute Gasteiger partial charge is 0.251 e. The average Bonchev–Trinajstić information content (AvgIpc) is 2.55. The average molecular weight is 281 g/mol. The van der Waals surface area contributed by atoms with Crippen molar-refractivity contribution in [1.82, 2.24) is 10.3 Å². The molecule has 0 atom stereocenters. The van der Waals surface area contributed by atoms with E-state index in [-0.39, 0.29) is 5.91 Å². The summed E-state index contributed by atoms with van der Waals surface area (Å²) >= 11 is 0. The molecule has 0 saturated heterocycles. The molecule has 0 unspecified atom stereocenters. The third-order valence-corrected chi connectivity index (χ3v) is 3.73. The third kappa shape index (κ3) is 2.75. The largest absolute Gasteiger partial charge is 0.352 e. The van der Waals surface area contributed by atoms with E-state index in [9.17, 15) is 4.79 Å². The van der Waals surface area contributed by atoms with Gasteiger partial charge in [0.2, 0.25) is 0 Å². The highest BCUT2D eigenvalue weighted by molar-refractivity contribution is 5.95. The zero-order chi connectivity index (χ0) is 14.7. The lowest BCUT2D eigenvalue weighted by molar-refractivity contribution is 0.0955. The van der Waals surface area contributed by atoms with Crippen molar-refractivity contribution >= 4 is 17.4 Å². The molecular weight excluding hydrogens is 262 g/mol. The van der Waals surface area contributed by atoms with Gasteiger partial charge in [-0.1, -0.05) is 18.2 Å². The molecule has 1 amide bonds. The van der Waals surface area contributed by atoms with Gasteiger partial charge in [0, 0.05) is 30.5 Å². The first-order valence-corrected chi connectivity index (χ1v) is 7.39. The van der Waals surface area contributed by atoms with Crippen LogP contribution in [0.15, 0.2) is 42.6 Å². The van der Waals surface area contributed by atoms with E-state index in [1.165, 1.54) is 11.3 Å². The van der Waals surface area contributed by atoms with Gasteiger partial charge < -0.3 is 10.2 Å². The van der Waals surface area contributed by atoms with Crippen LogP contribution in [-0.4, -0.2) is 24.0 Å². The molecular formula is C17H19N3O. The number of fused-ring (bicyclic) bond motifs is 1. The minimum atomic E-state index is -0.0496. The van der Waals surface area contributed by atoms with Crippen LogP contribution in [0.2, 0.25) is 0 Å². The number of rotatable bonds is 3. The van der Waals surface area contributed by atoms with Crippen molar-refractivity contribution in [1.29, 1.82) is 0 Å². The zero-order valence-corrected chi connectivity index (χ0v) is 12.2. The number of carbonyl (C=O) groups excluding carboxylic acids is 1. The van der Waals surface area contributed by atoms with Gasteiger partial charge in [0.1, 0.15) is 5.82 Å². The van der Waals surface area contributed by atoms with Crippen LogP contribution in [0.25, 0.3) is 0 Å².